The van der Waals surface area contributed by atoms with E-state index < -0.39 is 0 Å². The van der Waals surface area contributed by atoms with Crippen LogP contribution in [0.15, 0.2) is 0 Å². The van der Waals surface area contributed by atoms with Gasteiger partial charge in [0.25, 0.3) is 0 Å². The summed E-state index contributed by atoms with van der Waals surface area (Å²) in [6, 6.07) is 0.965. The molecule has 0 spiro atoms. The van der Waals surface area contributed by atoms with Crippen molar-refractivity contribution in [3.8, 4) is 0 Å². The van der Waals surface area contributed by atoms with Crippen LogP contribution in [0.2, 0.25) is 0 Å². The maximum atomic E-state index is 3.58. The smallest absolute Gasteiger partial charge is 0.0138 e. The van der Waals surface area contributed by atoms with E-state index in [4.69, 9.17) is 0 Å². The van der Waals surface area contributed by atoms with Gasteiger partial charge in [-0.05, 0) is 50.0 Å². The molecule has 3 rings (SSSR count). The SMILES string of the molecule is C1CC1C1CNC1C1CC1. The Bertz CT molecular complexity index is 129. The maximum absolute atomic E-state index is 3.58. The molecule has 0 aromatic rings. The zero-order valence-electron chi connectivity index (χ0n) is 6.34. The van der Waals surface area contributed by atoms with Crippen molar-refractivity contribution in [2.75, 3.05) is 6.54 Å². The molecule has 2 saturated carbocycles. The summed E-state index contributed by atoms with van der Waals surface area (Å²) in [4.78, 5) is 0. The summed E-state index contributed by atoms with van der Waals surface area (Å²) >= 11 is 0. The van der Waals surface area contributed by atoms with Crippen molar-refractivity contribution in [3.63, 3.8) is 0 Å². The summed E-state index contributed by atoms with van der Waals surface area (Å²) in [5.41, 5.74) is 0. The molecule has 1 saturated heterocycles. The van der Waals surface area contributed by atoms with Gasteiger partial charge in [0.05, 0.1) is 0 Å². The fourth-order valence-electron chi connectivity index (χ4n) is 2.35. The molecule has 3 fully saturated rings. The highest BCUT2D eigenvalue weighted by Crippen LogP contribution is 2.48. The minimum Gasteiger partial charge on any atom is -0.313 e. The molecule has 0 amide bonds. The van der Waals surface area contributed by atoms with Crippen molar-refractivity contribution in [2.24, 2.45) is 17.8 Å². The Morgan fingerprint density at radius 1 is 0.900 bits per heavy atom. The third-order valence-corrected chi connectivity index (χ3v) is 3.41. The first-order chi connectivity index (χ1) is 4.95. The summed E-state index contributed by atoms with van der Waals surface area (Å²) in [5.74, 6) is 3.35. The van der Waals surface area contributed by atoms with Crippen molar-refractivity contribution < 1.29 is 0 Å². The van der Waals surface area contributed by atoms with Gasteiger partial charge >= 0.3 is 0 Å². The lowest BCUT2D eigenvalue weighted by Crippen LogP contribution is -2.55. The van der Waals surface area contributed by atoms with Crippen molar-refractivity contribution >= 4 is 0 Å². The Balaban J connectivity index is 1.64. The van der Waals surface area contributed by atoms with E-state index in [1.807, 2.05) is 0 Å². The molecule has 3 aliphatic rings. The Kier molecular flexibility index (Phi) is 0.984. The second-order valence-electron chi connectivity index (χ2n) is 4.27. The summed E-state index contributed by atoms with van der Waals surface area (Å²) in [6.07, 6.45) is 6.10. The molecule has 1 aliphatic heterocycles. The Hall–Kier alpha value is -0.0400. The zero-order valence-corrected chi connectivity index (χ0v) is 6.34. The average molecular weight is 137 g/mol. The van der Waals surface area contributed by atoms with Crippen LogP contribution in [-0.4, -0.2) is 12.6 Å². The lowest BCUT2D eigenvalue weighted by atomic mass is 9.84. The van der Waals surface area contributed by atoms with Crippen LogP contribution in [-0.2, 0) is 0 Å². The second kappa shape index (κ2) is 1.76. The highest BCUT2D eigenvalue weighted by molar-refractivity contribution is 5.03. The van der Waals surface area contributed by atoms with Gasteiger partial charge in [0.2, 0.25) is 0 Å². The van der Waals surface area contributed by atoms with E-state index in [1.165, 1.54) is 32.2 Å². The minimum absolute atomic E-state index is 0.965. The molecule has 1 nitrogen and oxygen atoms in total. The molecule has 0 radical (unpaired) electrons. The van der Waals surface area contributed by atoms with Gasteiger partial charge in [-0.2, -0.15) is 0 Å². The molecule has 1 heteroatoms. The van der Waals surface area contributed by atoms with Gasteiger partial charge in [0.1, 0.15) is 0 Å². The third-order valence-electron chi connectivity index (χ3n) is 3.41. The average Bonchev–Trinajstić information content (AvgIpc) is 2.50. The van der Waals surface area contributed by atoms with Gasteiger partial charge in [-0.3, -0.25) is 0 Å². The highest BCUT2D eigenvalue weighted by Gasteiger charge is 2.47. The lowest BCUT2D eigenvalue weighted by molar-refractivity contribution is 0.181. The summed E-state index contributed by atoms with van der Waals surface area (Å²) in [6.45, 7) is 1.34. The van der Waals surface area contributed by atoms with Gasteiger partial charge in [0, 0.05) is 6.04 Å². The van der Waals surface area contributed by atoms with Crippen molar-refractivity contribution in [3.05, 3.63) is 0 Å². The first kappa shape index (κ1) is 5.59. The molecule has 0 aromatic heterocycles. The topological polar surface area (TPSA) is 12.0 Å². The van der Waals surface area contributed by atoms with E-state index in [9.17, 15) is 0 Å². The largest absolute Gasteiger partial charge is 0.313 e. The molecule has 0 aromatic carbocycles. The fraction of sp³-hybridized carbons (Fsp3) is 1.00. The van der Waals surface area contributed by atoms with Gasteiger partial charge in [0.15, 0.2) is 0 Å². The number of hydrogen-bond acceptors (Lipinski definition) is 1. The molecule has 1 heterocycles. The monoisotopic (exact) mass is 137 g/mol. The van der Waals surface area contributed by atoms with Crippen LogP contribution in [0.1, 0.15) is 25.7 Å². The van der Waals surface area contributed by atoms with Crippen LogP contribution in [0, 0.1) is 17.8 Å². The van der Waals surface area contributed by atoms with E-state index in [1.54, 1.807) is 0 Å². The van der Waals surface area contributed by atoms with Crippen molar-refractivity contribution in [1.82, 2.24) is 5.32 Å². The molecular formula is C9H15N. The van der Waals surface area contributed by atoms with Crippen LogP contribution in [0.3, 0.4) is 0 Å². The Labute approximate surface area is 62.2 Å². The van der Waals surface area contributed by atoms with E-state index in [0.29, 0.717) is 0 Å². The lowest BCUT2D eigenvalue weighted by Gasteiger charge is -2.38. The number of rotatable bonds is 2. The fourth-order valence-corrected chi connectivity index (χ4v) is 2.35. The summed E-state index contributed by atoms with van der Waals surface area (Å²) in [7, 11) is 0. The number of hydrogen-bond donors (Lipinski definition) is 1. The van der Waals surface area contributed by atoms with Crippen LogP contribution in [0.4, 0.5) is 0 Å². The minimum atomic E-state index is 0.965. The van der Waals surface area contributed by atoms with Gasteiger partial charge in [-0.25, -0.2) is 0 Å². The van der Waals surface area contributed by atoms with E-state index >= 15 is 0 Å². The van der Waals surface area contributed by atoms with Crippen LogP contribution < -0.4 is 5.32 Å². The molecule has 10 heavy (non-hydrogen) atoms. The van der Waals surface area contributed by atoms with Crippen LogP contribution in [0.5, 0.6) is 0 Å². The number of nitrogens with one attached hydrogen (secondary N) is 1. The van der Waals surface area contributed by atoms with E-state index in [2.05, 4.69) is 5.32 Å². The van der Waals surface area contributed by atoms with Crippen molar-refractivity contribution in [1.29, 1.82) is 0 Å². The Morgan fingerprint density at radius 2 is 1.60 bits per heavy atom. The normalized spacial score (nSPS) is 46.8. The standard InChI is InChI=1S/C9H15N/c1-2-6(1)8-5-10-9(8)7-3-4-7/h6-10H,1-5H2. The molecule has 2 aliphatic carbocycles. The molecule has 1 N–H and O–H groups in total. The van der Waals surface area contributed by atoms with E-state index in [0.717, 1.165) is 23.8 Å². The predicted molar refractivity (Wildman–Crippen MR) is 40.7 cm³/mol. The van der Waals surface area contributed by atoms with Crippen LogP contribution >= 0.6 is 0 Å². The maximum Gasteiger partial charge on any atom is 0.0138 e. The second-order valence-corrected chi connectivity index (χ2v) is 4.27. The first-order valence-corrected chi connectivity index (χ1v) is 4.68. The zero-order chi connectivity index (χ0) is 6.55. The van der Waals surface area contributed by atoms with Gasteiger partial charge in [-0.1, -0.05) is 0 Å². The third kappa shape index (κ3) is 0.731. The molecular weight excluding hydrogens is 122 g/mol. The molecule has 2 unspecified atom stereocenters. The highest BCUT2D eigenvalue weighted by atomic mass is 15.0. The molecule has 2 atom stereocenters. The first-order valence-electron chi connectivity index (χ1n) is 4.68. The van der Waals surface area contributed by atoms with E-state index in [-0.39, 0.29) is 0 Å². The quantitative estimate of drug-likeness (QED) is 0.606. The van der Waals surface area contributed by atoms with Gasteiger partial charge in [-0.15, -0.1) is 0 Å². The van der Waals surface area contributed by atoms with Crippen LogP contribution in [0.25, 0.3) is 0 Å². The van der Waals surface area contributed by atoms with Crippen molar-refractivity contribution in [2.45, 2.75) is 31.7 Å². The summed E-state index contributed by atoms with van der Waals surface area (Å²) < 4.78 is 0. The van der Waals surface area contributed by atoms with Gasteiger partial charge < -0.3 is 5.32 Å². The Morgan fingerprint density at radius 3 is 2.00 bits per heavy atom. The predicted octanol–water partition coefficient (Wildman–Crippen LogP) is 1.39. The summed E-state index contributed by atoms with van der Waals surface area (Å²) in [5, 5.41) is 3.58. The molecule has 56 valence electrons. The molecule has 0 bridgehead atoms.